The summed E-state index contributed by atoms with van der Waals surface area (Å²) in [4.78, 5) is 29.0. The second-order valence-electron chi connectivity index (χ2n) is 8.77. The number of urea groups is 1. The highest BCUT2D eigenvalue weighted by molar-refractivity contribution is 7.98. The molecule has 0 radical (unpaired) electrons. The van der Waals surface area contributed by atoms with Gasteiger partial charge in [-0.05, 0) is 55.1 Å². The molecular formula is C29H29Cl2N5O2S. The number of amides is 3. The number of thioether (sulfide) groups is 1. The molecule has 10 heteroatoms. The Morgan fingerprint density at radius 2 is 1.69 bits per heavy atom. The topological polar surface area (TPSA) is 79.3 Å². The fourth-order valence-corrected chi connectivity index (χ4v) is 4.57. The maximum Gasteiger partial charge on any atom is 0.322 e. The maximum atomic E-state index is 13.3. The molecule has 1 aromatic heterocycles. The predicted octanol–water partition coefficient (Wildman–Crippen LogP) is 7.84. The number of carbonyl (C=O) groups excluding carboxylic acids is 2. The van der Waals surface area contributed by atoms with Gasteiger partial charge in [0.1, 0.15) is 12.4 Å². The second kappa shape index (κ2) is 13.6. The van der Waals surface area contributed by atoms with E-state index >= 15 is 0 Å². The number of carbonyl (C=O) groups is 2. The number of hydrogen-bond acceptors (Lipinski definition) is 4. The lowest BCUT2D eigenvalue weighted by Crippen LogP contribution is -2.41. The van der Waals surface area contributed by atoms with E-state index in [1.807, 2.05) is 67.8 Å². The molecule has 39 heavy (non-hydrogen) atoms. The van der Waals surface area contributed by atoms with E-state index in [4.69, 9.17) is 28.3 Å². The number of rotatable bonds is 10. The van der Waals surface area contributed by atoms with Crippen LogP contribution in [-0.4, -0.2) is 46.0 Å². The quantitative estimate of drug-likeness (QED) is 0.187. The van der Waals surface area contributed by atoms with Crippen LogP contribution in [0, 0.1) is 0 Å². The minimum absolute atomic E-state index is 0.123. The van der Waals surface area contributed by atoms with E-state index in [2.05, 4.69) is 10.6 Å². The molecule has 0 saturated carbocycles. The average Bonchev–Trinajstić information content (AvgIpc) is 3.37. The van der Waals surface area contributed by atoms with Crippen molar-refractivity contribution >= 4 is 58.4 Å². The van der Waals surface area contributed by atoms with Crippen molar-refractivity contribution in [2.45, 2.75) is 24.7 Å². The van der Waals surface area contributed by atoms with Crippen LogP contribution in [0.15, 0.2) is 83.8 Å². The largest absolute Gasteiger partial charge is 0.322 e. The van der Waals surface area contributed by atoms with Crippen LogP contribution in [-0.2, 0) is 4.79 Å². The van der Waals surface area contributed by atoms with E-state index in [0.717, 1.165) is 23.3 Å². The van der Waals surface area contributed by atoms with Gasteiger partial charge in [0.15, 0.2) is 0 Å². The van der Waals surface area contributed by atoms with Gasteiger partial charge in [-0.1, -0.05) is 66.9 Å². The number of anilines is 2. The molecule has 0 spiro atoms. The molecule has 2 N–H and O–H groups in total. The molecule has 1 heterocycles. The number of nitrogens with one attached hydrogen (secondary N) is 2. The first kappa shape index (κ1) is 28.5. The number of benzene rings is 3. The molecule has 7 nitrogen and oxygen atoms in total. The van der Waals surface area contributed by atoms with Crippen molar-refractivity contribution in [3.8, 4) is 16.9 Å². The summed E-state index contributed by atoms with van der Waals surface area (Å²) >= 11 is 14.0. The molecule has 0 atom stereocenters. The summed E-state index contributed by atoms with van der Waals surface area (Å²) in [7, 11) is 0. The molecule has 0 aliphatic rings. The number of halogens is 2. The van der Waals surface area contributed by atoms with Crippen molar-refractivity contribution < 1.29 is 9.59 Å². The van der Waals surface area contributed by atoms with Gasteiger partial charge < -0.3 is 15.5 Å². The summed E-state index contributed by atoms with van der Waals surface area (Å²) in [6, 6.07) is 23.8. The molecule has 4 rings (SSSR count). The number of nitrogens with zero attached hydrogens (tertiary/aromatic N) is 3. The van der Waals surface area contributed by atoms with E-state index in [1.165, 1.54) is 4.90 Å². The molecule has 0 fully saturated rings. The van der Waals surface area contributed by atoms with Gasteiger partial charge >= 0.3 is 6.03 Å². The monoisotopic (exact) mass is 581 g/mol. The summed E-state index contributed by atoms with van der Waals surface area (Å²) in [5.74, 6) is 0.0977. The normalized spacial score (nSPS) is 10.8. The Bertz CT molecular complexity index is 1430. The maximum absolute atomic E-state index is 13.3. The molecule has 0 bridgehead atoms. The van der Waals surface area contributed by atoms with Gasteiger partial charge in [-0.15, -0.1) is 11.8 Å². The standard InChI is InChI=1S/C29H29Cl2N5O2S/c1-3-4-16-35(29(38)32-21-10-13-23(39-2)14-11-21)19-28(37)33-27-18-26(20-8-6-5-7-9-20)34-36(27)22-12-15-24(30)25(31)17-22/h5-15,17-18H,3-4,16,19H2,1-2H3,(H,32,38)(H,33,37). The van der Waals surface area contributed by atoms with Gasteiger partial charge in [-0.25, -0.2) is 9.48 Å². The Kier molecular flexibility index (Phi) is 9.92. The van der Waals surface area contributed by atoms with E-state index in [9.17, 15) is 9.59 Å². The third-order valence-corrected chi connectivity index (χ3v) is 7.42. The van der Waals surface area contributed by atoms with Crippen LogP contribution < -0.4 is 10.6 Å². The van der Waals surface area contributed by atoms with Gasteiger partial charge in [0.25, 0.3) is 0 Å². The van der Waals surface area contributed by atoms with Crippen molar-refractivity contribution in [1.82, 2.24) is 14.7 Å². The fraction of sp³-hybridized carbons (Fsp3) is 0.207. The smallest absolute Gasteiger partial charge is 0.315 e. The molecule has 3 amide bonds. The van der Waals surface area contributed by atoms with Crippen molar-refractivity contribution in [1.29, 1.82) is 0 Å². The lowest BCUT2D eigenvalue weighted by atomic mass is 10.1. The average molecular weight is 583 g/mol. The molecule has 3 aromatic carbocycles. The predicted molar refractivity (Wildman–Crippen MR) is 161 cm³/mol. The van der Waals surface area contributed by atoms with Gasteiger partial charge in [0.05, 0.1) is 21.4 Å². The SMILES string of the molecule is CCCCN(CC(=O)Nc1cc(-c2ccccc2)nn1-c1ccc(Cl)c(Cl)c1)C(=O)Nc1ccc(SC)cc1. The van der Waals surface area contributed by atoms with Crippen LogP contribution in [0.1, 0.15) is 19.8 Å². The molecule has 0 aliphatic carbocycles. The first-order valence-electron chi connectivity index (χ1n) is 12.5. The van der Waals surface area contributed by atoms with Gasteiger partial charge in [-0.3, -0.25) is 4.79 Å². The van der Waals surface area contributed by atoms with E-state index in [1.54, 1.807) is 40.7 Å². The zero-order valence-electron chi connectivity index (χ0n) is 21.7. The summed E-state index contributed by atoms with van der Waals surface area (Å²) < 4.78 is 1.60. The van der Waals surface area contributed by atoms with Gasteiger partial charge in [-0.2, -0.15) is 5.10 Å². The Hall–Kier alpha value is -3.46. The Labute approximate surface area is 242 Å². The number of hydrogen-bond donors (Lipinski definition) is 2. The first-order valence-corrected chi connectivity index (χ1v) is 14.5. The summed E-state index contributed by atoms with van der Waals surface area (Å²) in [6.45, 7) is 2.36. The van der Waals surface area contributed by atoms with Gasteiger partial charge in [0.2, 0.25) is 5.91 Å². The van der Waals surface area contributed by atoms with Crippen LogP contribution >= 0.6 is 35.0 Å². The summed E-state index contributed by atoms with van der Waals surface area (Å²) in [6.07, 6.45) is 3.65. The molecule has 0 aliphatic heterocycles. The van der Waals surface area contributed by atoms with Gasteiger partial charge in [0, 0.05) is 28.8 Å². The number of unbranched alkanes of at least 4 members (excludes halogenated alkanes) is 1. The number of aromatic nitrogens is 2. The summed E-state index contributed by atoms with van der Waals surface area (Å²) in [5, 5.41) is 11.3. The Morgan fingerprint density at radius 3 is 2.36 bits per heavy atom. The molecule has 0 saturated heterocycles. The molecule has 4 aromatic rings. The van der Waals surface area contributed by atoms with Crippen LogP contribution in [0.5, 0.6) is 0 Å². The van der Waals surface area contributed by atoms with Crippen LogP contribution in [0.2, 0.25) is 10.0 Å². The minimum atomic E-state index is -0.347. The highest BCUT2D eigenvalue weighted by Crippen LogP contribution is 2.29. The third kappa shape index (κ3) is 7.56. The molecule has 0 unspecified atom stereocenters. The van der Waals surface area contributed by atoms with Crippen LogP contribution in [0.4, 0.5) is 16.3 Å². The first-order chi connectivity index (χ1) is 18.9. The van der Waals surface area contributed by atoms with Crippen molar-refractivity contribution in [2.75, 3.05) is 30.0 Å². The lowest BCUT2D eigenvalue weighted by Gasteiger charge is -2.22. The zero-order chi connectivity index (χ0) is 27.8. The van der Waals surface area contributed by atoms with Crippen LogP contribution in [0.25, 0.3) is 16.9 Å². The molecule has 202 valence electrons. The highest BCUT2D eigenvalue weighted by atomic mass is 35.5. The van der Waals surface area contributed by atoms with E-state index in [-0.39, 0.29) is 18.5 Å². The zero-order valence-corrected chi connectivity index (χ0v) is 24.0. The van der Waals surface area contributed by atoms with E-state index in [0.29, 0.717) is 39.5 Å². The molecular weight excluding hydrogens is 553 g/mol. The van der Waals surface area contributed by atoms with Crippen molar-refractivity contribution in [3.63, 3.8) is 0 Å². The summed E-state index contributed by atoms with van der Waals surface area (Å²) in [5.41, 5.74) is 2.87. The van der Waals surface area contributed by atoms with Crippen LogP contribution in [0.3, 0.4) is 0 Å². The van der Waals surface area contributed by atoms with Crippen molar-refractivity contribution in [3.05, 3.63) is 88.9 Å². The Morgan fingerprint density at radius 1 is 0.949 bits per heavy atom. The lowest BCUT2D eigenvalue weighted by molar-refractivity contribution is -0.116. The second-order valence-corrected chi connectivity index (χ2v) is 10.5. The Balaban J connectivity index is 1.56. The minimum Gasteiger partial charge on any atom is -0.315 e. The fourth-order valence-electron chi connectivity index (χ4n) is 3.87. The highest BCUT2D eigenvalue weighted by Gasteiger charge is 2.20. The third-order valence-electron chi connectivity index (χ3n) is 5.94. The van der Waals surface area contributed by atoms with Crippen molar-refractivity contribution in [2.24, 2.45) is 0 Å². The van der Waals surface area contributed by atoms with E-state index < -0.39 is 0 Å².